The van der Waals surface area contributed by atoms with E-state index in [2.05, 4.69) is 15.1 Å². The Morgan fingerprint density at radius 3 is 2.89 bits per heavy atom. The number of halogens is 1. The van der Waals surface area contributed by atoms with Gasteiger partial charge in [-0.1, -0.05) is 0 Å². The summed E-state index contributed by atoms with van der Waals surface area (Å²) in [5.74, 6) is 0.528. The molecule has 0 spiro atoms. The Bertz CT molecular complexity index is 710. The summed E-state index contributed by atoms with van der Waals surface area (Å²) in [4.78, 5) is 7.99. The lowest BCUT2D eigenvalue weighted by Gasteiger charge is -2.06. The summed E-state index contributed by atoms with van der Waals surface area (Å²) < 4.78 is 20.5. The fourth-order valence-electron chi connectivity index (χ4n) is 1.77. The standard InChI is InChI=1S/C12H9FN4O/c1-18-8-2-3-9(10(13)6-8)11-4-5-14-12-15-7-16-17(11)12/h2-7H,1H3. The van der Waals surface area contributed by atoms with Crippen molar-refractivity contribution >= 4 is 5.78 Å². The number of nitrogens with zero attached hydrogens (tertiary/aromatic N) is 4. The molecule has 0 unspecified atom stereocenters. The second-order valence-electron chi connectivity index (χ2n) is 3.65. The van der Waals surface area contributed by atoms with Crippen molar-refractivity contribution in [3.05, 3.63) is 42.6 Å². The molecule has 2 heterocycles. The topological polar surface area (TPSA) is 52.3 Å². The SMILES string of the molecule is COc1ccc(-c2ccnc3ncnn23)c(F)c1. The first kappa shape index (κ1) is 10.6. The normalized spacial score (nSPS) is 10.8. The molecule has 2 aromatic heterocycles. The zero-order valence-corrected chi connectivity index (χ0v) is 9.54. The van der Waals surface area contributed by atoms with E-state index in [1.54, 1.807) is 24.4 Å². The van der Waals surface area contributed by atoms with E-state index in [-0.39, 0.29) is 5.82 Å². The summed E-state index contributed by atoms with van der Waals surface area (Å²) in [5.41, 5.74) is 1.02. The first-order valence-corrected chi connectivity index (χ1v) is 5.28. The summed E-state index contributed by atoms with van der Waals surface area (Å²) in [6, 6.07) is 6.36. The number of fused-ring (bicyclic) bond motifs is 1. The molecule has 0 atom stereocenters. The van der Waals surface area contributed by atoms with Crippen LogP contribution in [0.25, 0.3) is 17.0 Å². The van der Waals surface area contributed by atoms with Crippen molar-refractivity contribution in [2.24, 2.45) is 0 Å². The molecule has 0 saturated heterocycles. The maximum Gasteiger partial charge on any atom is 0.252 e. The second kappa shape index (κ2) is 4.06. The Labute approximate surface area is 102 Å². The van der Waals surface area contributed by atoms with E-state index in [1.165, 1.54) is 24.0 Å². The zero-order chi connectivity index (χ0) is 12.5. The summed E-state index contributed by atoms with van der Waals surface area (Å²) in [7, 11) is 1.50. The molecular weight excluding hydrogens is 235 g/mol. The highest BCUT2D eigenvalue weighted by Crippen LogP contribution is 2.25. The molecule has 18 heavy (non-hydrogen) atoms. The van der Waals surface area contributed by atoms with Crippen molar-refractivity contribution in [2.45, 2.75) is 0 Å². The fraction of sp³-hybridized carbons (Fsp3) is 0.0833. The Kier molecular flexibility index (Phi) is 2.40. The van der Waals surface area contributed by atoms with Crippen molar-refractivity contribution in [3.63, 3.8) is 0 Å². The van der Waals surface area contributed by atoms with Gasteiger partial charge in [-0.3, -0.25) is 0 Å². The molecule has 0 fully saturated rings. The highest BCUT2D eigenvalue weighted by molar-refractivity contribution is 5.62. The van der Waals surface area contributed by atoms with Gasteiger partial charge in [0.15, 0.2) is 0 Å². The van der Waals surface area contributed by atoms with Gasteiger partial charge >= 0.3 is 0 Å². The van der Waals surface area contributed by atoms with E-state index in [4.69, 9.17) is 4.74 Å². The monoisotopic (exact) mass is 244 g/mol. The van der Waals surface area contributed by atoms with Crippen LogP contribution in [0.1, 0.15) is 0 Å². The molecule has 90 valence electrons. The highest BCUT2D eigenvalue weighted by atomic mass is 19.1. The summed E-state index contributed by atoms with van der Waals surface area (Å²) in [6.45, 7) is 0. The second-order valence-corrected chi connectivity index (χ2v) is 3.65. The van der Waals surface area contributed by atoms with E-state index in [0.29, 0.717) is 22.8 Å². The minimum absolute atomic E-state index is 0.377. The maximum absolute atomic E-state index is 14.0. The number of hydrogen-bond acceptors (Lipinski definition) is 4. The highest BCUT2D eigenvalue weighted by Gasteiger charge is 2.11. The molecule has 0 saturated carbocycles. The molecule has 0 bridgehead atoms. The Balaban J connectivity index is 2.23. The van der Waals surface area contributed by atoms with Crippen molar-refractivity contribution in [1.82, 2.24) is 19.6 Å². The van der Waals surface area contributed by atoms with E-state index in [9.17, 15) is 4.39 Å². The number of ether oxygens (including phenoxy) is 1. The predicted octanol–water partition coefficient (Wildman–Crippen LogP) is 1.94. The molecule has 0 aliphatic rings. The molecule has 3 rings (SSSR count). The molecule has 0 amide bonds. The first-order valence-electron chi connectivity index (χ1n) is 5.28. The van der Waals surface area contributed by atoms with Crippen LogP contribution >= 0.6 is 0 Å². The molecule has 0 N–H and O–H groups in total. The minimum atomic E-state index is -0.377. The quantitative estimate of drug-likeness (QED) is 0.691. The molecule has 3 aromatic rings. The van der Waals surface area contributed by atoms with Gasteiger partial charge in [0, 0.05) is 17.8 Å². The molecule has 6 heteroatoms. The van der Waals surface area contributed by atoms with Gasteiger partial charge in [-0.25, -0.2) is 9.37 Å². The number of benzene rings is 1. The van der Waals surface area contributed by atoms with Gasteiger partial charge in [0.1, 0.15) is 17.9 Å². The van der Waals surface area contributed by atoms with Crippen LogP contribution in [0, 0.1) is 5.82 Å². The average Bonchev–Trinajstić information content (AvgIpc) is 2.87. The van der Waals surface area contributed by atoms with Crippen molar-refractivity contribution < 1.29 is 9.13 Å². The van der Waals surface area contributed by atoms with Crippen LogP contribution in [0.2, 0.25) is 0 Å². The van der Waals surface area contributed by atoms with Gasteiger partial charge < -0.3 is 4.74 Å². The Morgan fingerprint density at radius 2 is 2.11 bits per heavy atom. The van der Waals surface area contributed by atoms with Crippen LogP contribution in [0.4, 0.5) is 4.39 Å². The third-order valence-corrected chi connectivity index (χ3v) is 2.63. The molecular formula is C12H9FN4O. The smallest absolute Gasteiger partial charge is 0.252 e. The van der Waals surface area contributed by atoms with E-state index >= 15 is 0 Å². The van der Waals surface area contributed by atoms with Crippen molar-refractivity contribution in [3.8, 4) is 17.0 Å². The van der Waals surface area contributed by atoms with Crippen LogP contribution < -0.4 is 4.74 Å². The molecule has 0 aliphatic heterocycles. The van der Waals surface area contributed by atoms with Gasteiger partial charge in [-0.15, -0.1) is 0 Å². The van der Waals surface area contributed by atoms with E-state index < -0.39 is 0 Å². The predicted molar refractivity (Wildman–Crippen MR) is 62.7 cm³/mol. The van der Waals surface area contributed by atoms with Gasteiger partial charge in [0.2, 0.25) is 0 Å². The van der Waals surface area contributed by atoms with Crippen molar-refractivity contribution in [1.29, 1.82) is 0 Å². The van der Waals surface area contributed by atoms with Crippen LogP contribution in [0.15, 0.2) is 36.8 Å². The van der Waals surface area contributed by atoms with E-state index in [1.807, 2.05) is 0 Å². The third-order valence-electron chi connectivity index (χ3n) is 2.63. The molecule has 0 aliphatic carbocycles. The molecule has 0 radical (unpaired) electrons. The van der Waals surface area contributed by atoms with Crippen molar-refractivity contribution in [2.75, 3.05) is 7.11 Å². The van der Waals surface area contributed by atoms with Gasteiger partial charge in [-0.2, -0.15) is 14.6 Å². The number of methoxy groups -OCH3 is 1. The van der Waals surface area contributed by atoms with Gasteiger partial charge in [0.05, 0.1) is 12.8 Å². The lowest BCUT2D eigenvalue weighted by molar-refractivity contribution is 0.411. The number of rotatable bonds is 2. The lowest BCUT2D eigenvalue weighted by Crippen LogP contribution is -1.98. The zero-order valence-electron chi connectivity index (χ0n) is 9.54. The van der Waals surface area contributed by atoms with Gasteiger partial charge in [0.25, 0.3) is 5.78 Å². The number of hydrogen-bond donors (Lipinski definition) is 0. The van der Waals surface area contributed by atoms with Crippen LogP contribution in [0.5, 0.6) is 5.75 Å². The van der Waals surface area contributed by atoms with E-state index in [0.717, 1.165) is 0 Å². The largest absolute Gasteiger partial charge is 0.497 e. The first-order chi connectivity index (χ1) is 8.79. The lowest BCUT2D eigenvalue weighted by atomic mass is 10.1. The summed E-state index contributed by atoms with van der Waals surface area (Å²) in [5, 5.41) is 4.02. The average molecular weight is 244 g/mol. The summed E-state index contributed by atoms with van der Waals surface area (Å²) in [6.07, 6.45) is 2.95. The Hall–Kier alpha value is -2.50. The van der Waals surface area contributed by atoms with Crippen LogP contribution in [0.3, 0.4) is 0 Å². The number of aromatic nitrogens is 4. The summed E-state index contributed by atoms with van der Waals surface area (Å²) >= 11 is 0. The van der Waals surface area contributed by atoms with Crippen LogP contribution in [-0.4, -0.2) is 26.7 Å². The fourth-order valence-corrected chi connectivity index (χ4v) is 1.77. The molecule has 1 aromatic carbocycles. The maximum atomic E-state index is 14.0. The minimum Gasteiger partial charge on any atom is -0.497 e. The van der Waals surface area contributed by atoms with Crippen LogP contribution in [-0.2, 0) is 0 Å². The molecule has 5 nitrogen and oxygen atoms in total. The third kappa shape index (κ3) is 1.58. The van der Waals surface area contributed by atoms with Gasteiger partial charge in [-0.05, 0) is 18.2 Å². The Morgan fingerprint density at radius 1 is 1.22 bits per heavy atom.